The van der Waals surface area contributed by atoms with Gasteiger partial charge < -0.3 is 9.94 Å². The lowest BCUT2D eigenvalue weighted by Crippen LogP contribution is -2.06. The Balaban J connectivity index is 2.92. The standard InChI is InChI=1S/C10H8BrNO3/c1-15-10-5-8-6(4-7(10)11)9(13)2-3-12(8)14/h2-5,14H,1H3. The zero-order valence-corrected chi connectivity index (χ0v) is 9.48. The molecule has 78 valence electrons. The molecule has 4 nitrogen and oxygen atoms in total. The van der Waals surface area contributed by atoms with Gasteiger partial charge in [-0.15, -0.1) is 0 Å². The predicted octanol–water partition coefficient (Wildman–Crippen LogP) is 2.01. The van der Waals surface area contributed by atoms with Crippen LogP contribution in [0.25, 0.3) is 10.9 Å². The summed E-state index contributed by atoms with van der Waals surface area (Å²) in [6.45, 7) is 0. The molecule has 1 aromatic heterocycles. The van der Waals surface area contributed by atoms with Crippen LogP contribution in [0, 0.1) is 0 Å². The molecule has 0 atom stereocenters. The number of pyridine rings is 1. The third-order valence-corrected chi connectivity index (χ3v) is 2.77. The van der Waals surface area contributed by atoms with Crippen molar-refractivity contribution in [1.29, 1.82) is 0 Å². The molecular formula is C10H8BrNO3. The Hall–Kier alpha value is -1.49. The van der Waals surface area contributed by atoms with Crippen LogP contribution in [-0.2, 0) is 0 Å². The molecule has 2 aromatic rings. The third-order valence-electron chi connectivity index (χ3n) is 2.15. The number of hydrogen-bond acceptors (Lipinski definition) is 3. The number of benzene rings is 1. The number of fused-ring (bicyclic) bond motifs is 1. The lowest BCUT2D eigenvalue weighted by Gasteiger charge is -2.07. The second-order valence-electron chi connectivity index (χ2n) is 3.03. The highest BCUT2D eigenvalue weighted by molar-refractivity contribution is 9.10. The van der Waals surface area contributed by atoms with E-state index in [9.17, 15) is 10.0 Å². The number of aromatic nitrogens is 1. The molecule has 0 saturated heterocycles. The van der Waals surface area contributed by atoms with Crippen LogP contribution in [0.3, 0.4) is 0 Å². The van der Waals surface area contributed by atoms with Crippen molar-refractivity contribution < 1.29 is 9.94 Å². The summed E-state index contributed by atoms with van der Waals surface area (Å²) in [5, 5.41) is 9.95. The summed E-state index contributed by atoms with van der Waals surface area (Å²) in [6.07, 6.45) is 1.30. The first kappa shape index (κ1) is 10.0. The van der Waals surface area contributed by atoms with E-state index in [2.05, 4.69) is 15.9 Å². The Morgan fingerprint density at radius 1 is 1.47 bits per heavy atom. The van der Waals surface area contributed by atoms with Gasteiger partial charge in [-0.1, -0.05) is 0 Å². The van der Waals surface area contributed by atoms with Crippen molar-refractivity contribution in [2.45, 2.75) is 0 Å². The molecule has 0 aliphatic carbocycles. The van der Waals surface area contributed by atoms with E-state index in [0.717, 1.165) is 4.73 Å². The lowest BCUT2D eigenvalue weighted by molar-refractivity contribution is 0.198. The molecule has 0 fully saturated rings. The van der Waals surface area contributed by atoms with Gasteiger partial charge in [0.1, 0.15) is 5.75 Å². The van der Waals surface area contributed by atoms with Gasteiger partial charge in [0.2, 0.25) is 0 Å². The summed E-state index contributed by atoms with van der Waals surface area (Å²) in [7, 11) is 1.52. The zero-order valence-electron chi connectivity index (χ0n) is 7.90. The number of halogens is 1. The van der Waals surface area contributed by atoms with E-state index < -0.39 is 0 Å². The van der Waals surface area contributed by atoms with E-state index in [0.29, 0.717) is 21.1 Å². The average Bonchev–Trinajstić information content (AvgIpc) is 2.23. The Morgan fingerprint density at radius 2 is 2.20 bits per heavy atom. The van der Waals surface area contributed by atoms with E-state index in [-0.39, 0.29) is 5.43 Å². The summed E-state index contributed by atoms with van der Waals surface area (Å²) >= 11 is 3.28. The molecule has 0 spiro atoms. The summed E-state index contributed by atoms with van der Waals surface area (Å²) in [5.41, 5.74) is 0.279. The quantitative estimate of drug-likeness (QED) is 0.806. The van der Waals surface area contributed by atoms with E-state index in [1.807, 2.05) is 0 Å². The lowest BCUT2D eigenvalue weighted by atomic mass is 10.2. The van der Waals surface area contributed by atoms with Gasteiger partial charge in [-0.05, 0) is 22.0 Å². The van der Waals surface area contributed by atoms with Crippen LogP contribution in [0.15, 0.2) is 33.7 Å². The van der Waals surface area contributed by atoms with Crippen molar-refractivity contribution in [2.75, 3.05) is 7.11 Å². The number of ether oxygens (including phenoxy) is 1. The van der Waals surface area contributed by atoms with Gasteiger partial charge in [0.15, 0.2) is 5.43 Å². The largest absolute Gasteiger partial charge is 0.495 e. The van der Waals surface area contributed by atoms with Crippen molar-refractivity contribution in [1.82, 2.24) is 4.73 Å². The Bertz CT molecular complexity index is 577. The van der Waals surface area contributed by atoms with Gasteiger partial charge in [-0.25, -0.2) is 0 Å². The zero-order chi connectivity index (χ0) is 11.0. The van der Waals surface area contributed by atoms with Gasteiger partial charge in [0.25, 0.3) is 0 Å². The average molecular weight is 270 g/mol. The summed E-state index contributed by atoms with van der Waals surface area (Å²) < 4.78 is 6.65. The number of hydrogen-bond donors (Lipinski definition) is 1. The maximum atomic E-state index is 11.5. The highest BCUT2D eigenvalue weighted by Gasteiger charge is 2.07. The first-order chi connectivity index (χ1) is 7.13. The van der Waals surface area contributed by atoms with Crippen LogP contribution in [0.4, 0.5) is 0 Å². The monoisotopic (exact) mass is 269 g/mol. The van der Waals surface area contributed by atoms with Crippen LogP contribution in [-0.4, -0.2) is 17.0 Å². The first-order valence-electron chi connectivity index (χ1n) is 4.21. The molecule has 1 aromatic carbocycles. The number of nitrogens with zero attached hydrogens (tertiary/aromatic N) is 1. The summed E-state index contributed by atoms with van der Waals surface area (Å²) in [4.78, 5) is 11.5. The minimum atomic E-state index is -0.140. The van der Waals surface area contributed by atoms with Crippen LogP contribution >= 0.6 is 15.9 Å². The highest BCUT2D eigenvalue weighted by Crippen LogP contribution is 2.28. The maximum Gasteiger partial charge on any atom is 0.189 e. The molecule has 0 saturated carbocycles. The molecule has 0 unspecified atom stereocenters. The number of rotatable bonds is 1. The van der Waals surface area contributed by atoms with E-state index >= 15 is 0 Å². The molecule has 0 bridgehead atoms. The topological polar surface area (TPSA) is 51.5 Å². The van der Waals surface area contributed by atoms with Crippen molar-refractivity contribution in [3.8, 4) is 5.75 Å². The van der Waals surface area contributed by atoms with Gasteiger partial charge >= 0.3 is 0 Å². The fourth-order valence-electron chi connectivity index (χ4n) is 1.39. The third kappa shape index (κ3) is 1.59. The molecule has 1 N–H and O–H groups in total. The van der Waals surface area contributed by atoms with Crippen LogP contribution in [0.1, 0.15) is 0 Å². The molecule has 0 aliphatic heterocycles. The van der Waals surface area contributed by atoms with Crippen LogP contribution < -0.4 is 10.2 Å². The van der Waals surface area contributed by atoms with Crippen molar-refractivity contribution in [2.24, 2.45) is 0 Å². The summed E-state index contributed by atoms with van der Waals surface area (Å²) in [5.74, 6) is 0.566. The van der Waals surface area contributed by atoms with Crippen molar-refractivity contribution in [3.63, 3.8) is 0 Å². The van der Waals surface area contributed by atoms with Crippen molar-refractivity contribution in [3.05, 3.63) is 39.1 Å². The Labute approximate surface area is 93.8 Å². The second kappa shape index (κ2) is 3.58. The minimum absolute atomic E-state index is 0.140. The molecule has 2 rings (SSSR count). The van der Waals surface area contributed by atoms with Crippen LogP contribution in [0.2, 0.25) is 0 Å². The number of methoxy groups -OCH3 is 1. The molecular weight excluding hydrogens is 262 g/mol. The fourth-order valence-corrected chi connectivity index (χ4v) is 1.90. The molecule has 5 heteroatoms. The predicted molar refractivity (Wildman–Crippen MR) is 59.6 cm³/mol. The second-order valence-corrected chi connectivity index (χ2v) is 3.88. The smallest absolute Gasteiger partial charge is 0.189 e. The molecule has 1 heterocycles. The fraction of sp³-hybridized carbons (Fsp3) is 0.100. The first-order valence-corrected chi connectivity index (χ1v) is 5.01. The molecule has 15 heavy (non-hydrogen) atoms. The SMILES string of the molecule is COc1cc2c(cc1Br)c(=O)ccn2O. The van der Waals surface area contributed by atoms with Crippen LogP contribution in [0.5, 0.6) is 5.75 Å². The molecule has 0 amide bonds. The Kier molecular flexibility index (Phi) is 2.40. The minimum Gasteiger partial charge on any atom is -0.495 e. The van der Waals surface area contributed by atoms with Crippen molar-refractivity contribution >= 4 is 26.8 Å². The van der Waals surface area contributed by atoms with E-state index in [4.69, 9.17) is 4.74 Å². The normalized spacial score (nSPS) is 10.5. The van der Waals surface area contributed by atoms with E-state index in [1.165, 1.54) is 19.4 Å². The van der Waals surface area contributed by atoms with E-state index in [1.54, 1.807) is 12.1 Å². The Morgan fingerprint density at radius 3 is 2.87 bits per heavy atom. The van der Waals surface area contributed by atoms with Gasteiger partial charge in [-0.2, -0.15) is 4.73 Å². The maximum absolute atomic E-state index is 11.5. The highest BCUT2D eigenvalue weighted by atomic mass is 79.9. The van der Waals surface area contributed by atoms with Gasteiger partial charge in [0.05, 0.1) is 22.5 Å². The molecule has 0 radical (unpaired) electrons. The molecule has 0 aliphatic rings. The summed E-state index contributed by atoms with van der Waals surface area (Å²) in [6, 6.07) is 4.53. The van der Waals surface area contributed by atoms with Gasteiger partial charge in [0, 0.05) is 18.3 Å². The van der Waals surface area contributed by atoms with Gasteiger partial charge in [-0.3, -0.25) is 4.79 Å².